The summed E-state index contributed by atoms with van der Waals surface area (Å²) in [6.07, 6.45) is 2.95. The van der Waals surface area contributed by atoms with E-state index in [1.54, 1.807) is 12.5 Å². The molecule has 1 aromatic carbocycles. The number of hydrogen-bond acceptors (Lipinski definition) is 6. The number of nitrogens with one attached hydrogen (secondary N) is 2. The number of halogens is 3. The van der Waals surface area contributed by atoms with Crippen LogP contribution in [-0.4, -0.2) is 30.5 Å². The summed E-state index contributed by atoms with van der Waals surface area (Å²) in [6.45, 7) is 5.18. The second-order valence-corrected chi connectivity index (χ2v) is 9.12. The first kappa shape index (κ1) is 23.1. The molecule has 10 heteroatoms. The molecule has 0 unspecified atom stereocenters. The molecule has 3 heterocycles. The van der Waals surface area contributed by atoms with E-state index in [0.717, 1.165) is 48.5 Å². The van der Waals surface area contributed by atoms with Gasteiger partial charge in [0.1, 0.15) is 5.82 Å². The van der Waals surface area contributed by atoms with E-state index in [1.807, 2.05) is 32.2 Å². The number of imidazole rings is 1. The lowest BCUT2D eigenvalue weighted by Crippen LogP contribution is -2.37. The highest BCUT2D eigenvalue weighted by Crippen LogP contribution is 2.35. The van der Waals surface area contributed by atoms with E-state index >= 15 is 0 Å². The first-order chi connectivity index (χ1) is 16.7. The summed E-state index contributed by atoms with van der Waals surface area (Å²) in [5.74, 6) is 1.30. The highest BCUT2D eigenvalue weighted by Gasteiger charge is 2.32. The Balaban J connectivity index is 1.37. The Bertz CT molecular complexity index is 1330. The molecule has 3 aromatic heterocycles. The molecule has 1 aliphatic carbocycles. The monoisotopic (exact) mass is 481 g/mol. The summed E-state index contributed by atoms with van der Waals surface area (Å²) in [4.78, 5) is 17.6. The molecule has 1 fully saturated rings. The van der Waals surface area contributed by atoms with Crippen molar-refractivity contribution in [2.75, 3.05) is 10.6 Å². The van der Waals surface area contributed by atoms with Crippen molar-refractivity contribution in [3.63, 3.8) is 0 Å². The fraction of sp³-hybridized carbons (Fsp3) is 0.360. The van der Waals surface area contributed by atoms with Crippen molar-refractivity contribution in [3.8, 4) is 0 Å². The second-order valence-electron chi connectivity index (χ2n) is 9.12. The smallest absolute Gasteiger partial charge is 0.367 e. The highest BCUT2D eigenvalue weighted by atomic mass is 19.4. The Morgan fingerprint density at radius 2 is 1.89 bits per heavy atom. The average molecular weight is 482 g/mol. The van der Waals surface area contributed by atoms with Gasteiger partial charge in [-0.3, -0.25) is 4.98 Å². The van der Waals surface area contributed by atoms with Crippen molar-refractivity contribution in [1.29, 1.82) is 0 Å². The first-order valence-corrected chi connectivity index (χ1v) is 11.5. The zero-order chi connectivity index (χ0) is 24.6. The Morgan fingerprint density at radius 1 is 1.06 bits per heavy atom. The number of nitrogens with zero attached hydrogens (tertiary/aromatic N) is 5. The molecule has 0 amide bonds. The lowest BCUT2D eigenvalue weighted by atomic mass is 9.80. The van der Waals surface area contributed by atoms with Gasteiger partial charge in [0.15, 0.2) is 0 Å². The maximum Gasteiger partial charge on any atom is 0.416 e. The number of alkyl halides is 3. The maximum atomic E-state index is 13.3. The lowest BCUT2D eigenvalue weighted by Gasteiger charge is -2.36. The van der Waals surface area contributed by atoms with Gasteiger partial charge in [-0.2, -0.15) is 18.2 Å². The minimum absolute atomic E-state index is 0.193. The fourth-order valence-corrected chi connectivity index (χ4v) is 4.33. The van der Waals surface area contributed by atoms with E-state index in [0.29, 0.717) is 23.7 Å². The van der Waals surface area contributed by atoms with Crippen molar-refractivity contribution in [3.05, 3.63) is 71.6 Å². The third-order valence-electron chi connectivity index (χ3n) is 6.46. The van der Waals surface area contributed by atoms with Crippen LogP contribution in [0.15, 0.2) is 49.1 Å². The van der Waals surface area contributed by atoms with Gasteiger partial charge in [-0.25, -0.2) is 9.97 Å². The summed E-state index contributed by atoms with van der Waals surface area (Å²) >= 11 is 0. The molecule has 0 bridgehead atoms. The highest BCUT2D eigenvalue weighted by molar-refractivity contribution is 5.90. The van der Waals surface area contributed by atoms with Gasteiger partial charge in [0.25, 0.3) is 0 Å². The SMILES string of the molecule is Cc1ccc(CNc2nc(NC3CC(Cn4ccnc4)C3)c3ccc(C(F)(F)F)cc3n2)nc1C. The predicted octanol–water partition coefficient (Wildman–Crippen LogP) is 5.36. The molecule has 0 radical (unpaired) electrons. The standard InChI is InChI=1S/C25H26F3N7/c1-15-3-5-19(31-16(15)2)12-30-24-33-22-11-18(25(26,27)28)4-6-21(22)23(34-24)32-20-9-17(10-20)13-35-8-7-29-14-35/h3-8,11,14,17,20H,9-10,12-13H2,1-2H3,(H2,30,32,33,34). The Labute approximate surface area is 200 Å². The zero-order valence-corrected chi connectivity index (χ0v) is 19.5. The molecule has 182 valence electrons. The number of fused-ring (bicyclic) bond motifs is 1. The number of pyridine rings is 1. The van der Waals surface area contributed by atoms with Crippen LogP contribution in [-0.2, 0) is 19.3 Å². The van der Waals surface area contributed by atoms with Crippen LogP contribution in [0, 0.1) is 19.8 Å². The van der Waals surface area contributed by atoms with E-state index in [2.05, 4.69) is 35.1 Å². The van der Waals surface area contributed by atoms with Crippen LogP contribution >= 0.6 is 0 Å². The van der Waals surface area contributed by atoms with Gasteiger partial charge in [0, 0.05) is 36.1 Å². The molecule has 4 aromatic rings. The van der Waals surface area contributed by atoms with E-state index < -0.39 is 11.7 Å². The molecule has 1 saturated carbocycles. The van der Waals surface area contributed by atoms with Crippen LogP contribution in [0.3, 0.4) is 0 Å². The zero-order valence-electron chi connectivity index (χ0n) is 19.5. The first-order valence-electron chi connectivity index (χ1n) is 11.5. The Kier molecular flexibility index (Phi) is 6.04. The fourth-order valence-electron chi connectivity index (χ4n) is 4.33. The normalized spacial score (nSPS) is 17.9. The minimum atomic E-state index is -4.45. The number of hydrogen-bond donors (Lipinski definition) is 2. The van der Waals surface area contributed by atoms with Gasteiger partial charge in [0.2, 0.25) is 5.95 Å². The molecular weight excluding hydrogens is 455 g/mol. The molecule has 1 aliphatic rings. The molecule has 7 nitrogen and oxygen atoms in total. The number of anilines is 2. The largest absolute Gasteiger partial charge is 0.416 e. The van der Waals surface area contributed by atoms with E-state index in [1.165, 1.54) is 6.07 Å². The van der Waals surface area contributed by atoms with Crippen molar-refractivity contribution in [2.24, 2.45) is 5.92 Å². The Morgan fingerprint density at radius 3 is 2.60 bits per heavy atom. The summed E-state index contributed by atoms with van der Waals surface area (Å²) in [7, 11) is 0. The molecule has 0 aliphatic heterocycles. The number of rotatable bonds is 7. The molecular formula is C25H26F3N7. The van der Waals surface area contributed by atoms with Crippen LogP contribution < -0.4 is 10.6 Å². The summed E-state index contributed by atoms with van der Waals surface area (Å²) < 4.78 is 42.1. The molecule has 0 atom stereocenters. The molecule has 0 spiro atoms. The van der Waals surface area contributed by atoms with Crippen LogP contribution in [0.25, 0.3) is 10.9 Å². The predicted molar refractivity (Wildman–Crippen MR) is 128 cm³/mol. The van der Waals surface area contributed by atoms with Crippen molar-refractivity contribution < 1.29 is 13.2 Å². The summed E-state index contributed by atoms with van der Waals surface area (Å²) in [5.41, 5.74) is 2.32. The molecule has 35 heavy (non-hydrogen) atoms. The van der Waals surface area contributed by atoms with Crippen molar-refractivity contribution in [2.45, 2.75) is 52.0 Å². The van der Waals surface area contributed by atoms with E-state index in [9.17, 15) is 13.2 Å². The van der Waals surface area contributed by atoms with Crippen LogP contribution in [0.1, 0.15) is 35.4 Å². The minimum Gasteiger partial charge on any atom is -0.367 e. The quantitative estimate of drug-likeness (QED) is 0.370. The van der Waals surface area contributed by atoms with Gasteiger partial charge in [-0.1, -0.05) is 6.07 Å². The third kappa shape index (κ3) is 5.21. The van der Waals surface area contributed by atoms with Crippen molar-refractivity contribution >= 4 is 22.7 Å². The van der Waals surface area contributed by atoms with Gasteiger partial charge in [-0.15, -0.1) is 0 Å². The second kappa shape index (κ2) is 9.16. The lowest BCUT2D eigenvalue weighted by molar-refractivity contribution is -0.137. The molecule has 2 N–H and O–H groups in total. The van der Waals surface area contributed by atoms with Gasteiger partial charge >= 0.3 is 6.18 Å². The van der Waals surface area contributed by atoms with Crippen molar-refractivity contribution in [1.82, 2.24) is 24.5 Å². The molecule has 0 saturated heterocycles. The van der Waals surface area contributed by atoms with E-state index in [4.69, 9.17) is 0 Å². The summed E-state index contributed by atoms with van der Waals surface area (Å²) in [5, 5.41) is 7.12. The average Bonchev–Trinajstić information content (AvgIpc) is 3.30. The van der Waals surface area contributed by atoms with E-state index in [-0.39, 0.29) is 17.5 Å². The topological polar surface area (TPSA) is 80.5 Å². The van der Waals surface area contributed by atoms with Crippen LogP contribution in [0.5, 0.6) is 0 Å². The van der Waals surface area contributed by atoms with Gasteiger partial charge in [-0.05, 0) is 62.4 Å². The Hall–Kier alpha value is -3.69. The number of aromatic nitrogens is 5. The van der Waals surface area contributed by atoms with Crippen LogP contribution in [0.4, 0.5) is 24.9 Å². The molecule has 5 rings (SSSR count). The maximum absolute atomic E-state index is 13.3. The van der Waals surface area contributed by atoms with Gasteiger partial charge in [0.05, 0.1) is 29.6 Å². The number of benzene rings is 1. The van der Waals surface area contributed by atoms with Gasteiger partial charge < -0.3 is 15.2 Å². The summed E-state index contributed by atoms with van der Waals surface area (Å²) in [6, 6.07) is 7.68. The van der Waals surface area contributed by atoms with Crippen LogP contribution in [0.2, 0.25) is 0 Å². The third-order valence-corrected chi connectivity index (χ3v) is 6.46. The number of aryl methyl sites for hydroxylation is 2.